The molecular weight excluding hydrogens is 288 g/mol. The van der Waals surface area contributed by atoms with E-state index in [0.29, 0.717) is 13.0 Å². The van der Waals surface area contributed by atoms with Crippen LogP contribution < -0.4 is 10.2 Å². The molecule has 2 aromatic rings. The van der Waals surface area contributed by atoms with Gasteiger partial charge >= 0.3 is 0 Å². The van der Waals surface area contributed by atoms with E-state index in [2.05, 4.69) is 41.3 Å². The molecular formula is C18H26N4O. The molecule has 1 aromatic carbocycles. The van der Waals surface area contributed by atoms with Crippen LogP contribution >= 0.6 is 0 Å². The highest BCUT2D eigenvalue weighted by Crippen LogP contribution is 2.22. The molecule has 0 unspecified atom stereocenters. The number of anilines is 2. The van der Waals surface area contributed by atoms with Crippen LogP contribution in [0.3, 0.4) is 0 Å². The summed E-state index contributed by atoms with van der Waals surface area (Å²) in [5, 5.41) is 7.28. The van der Waals surface area contributed by atoms with Crippen molar-refractivity contribution in [2.24, 2.45) is 0 Å². The highest BCUT2D eigenvalue weighted by molar-refractivity contribution is 5.91. The van der Waals surface area contributed by atoms with Crippen LogP contribution in [0.4, 0.5) is 11.4 Å². The quantitative estimate of drug-likeness (QED) is 0.852. The van der Waals surface area contributed by atoms with Crippen molar-refractivity contribution in [3.8, 4) is 0 Å². The van der Waals surface area contributed by atoms with Crippen molar-refractivity contribution in [3.05, 3.63) is 41.7 Å². The number of aryl methyl sites for hydroxylation is 3. The maximum absolute atomic E-state index is 12.1. The molecule has 0 aliphatic rings. The Hall–Kier alpha value is -2.30. The molecule has 124 valence electrons. The number of rotatable bonds is 7. The summed E-state index contributed by atoms with van der Waals surface area (Å²) in [5.74, 6) is 0.0110. The highest BCUT2D eigenvalue weighted by Gasteiger charge is 2.08. The zero-order chi connectivity index (χ0) is 16.8. The standard InChI is InChI=1S/C18H26N4O/c1-5-21(6-2)16-7-8-17(14(3)13-16)19-18(23)10-12-22-11-9-15(4)20-22/h7-9,11,13H,5-6,10,12H2,1-4H3,(H,19,23). The third kappa shape index (κ3) is 4.58. The molecule has 1 heterocycles. The number of carbonyl (C=O) groups excluding carboxylic acids is 1. The number of hydrogen-bond donors (Lipinski definition) is 1. The van der Waals surface area contributed by atoms with Gasteiger partial charge in [-0.1, -0.05) is 0 Å². The average Bonchev–Trinajstić information content (AvgIpc) is 2.95. The second kappa shape index (κ2) is 7.81. The molecule has 1 aromatic heterocycles. The van der Waals surface area contributed by atoms with Crippen LogP contribution in [0.15, 0.2) is 30.5 Å². The van der Waals surface area contributed by atoms with Crippen molar-refractivity contribution < 1.29 is 4.79 Å². The van der Waals surface area contributed by atoms with Gasteiger partial charge in [0.05, 0.1) is 5.69 Å². The minimum absolute atomic E-state index is 0.0110. The van der Waals surface area contributed by atoms with Gasteiger partial charge in [-0.3, -0.25) is 9.48 Å². The van der Waals surface area contributed by atoms with E-state index in [-0.39, 0.29) is 5.91 Å². The minimum Gasteiger partial charge on any atom is -0.372 e. The van der Waals surface area contributed by atoms with Gasteiger partial charge in [-0.2, -0.15) is 5.10 Å². The van der Waals surface area contributed by atoms with Gasteiger partial charge in [0, 0.05) is 43.6 Å². The van der Waals surface area contributed by atoms with E-state index in [1.54, 1.807) is 4.68 Å². The highest BCUT2D eigenvalue weighted by atomic mass is 16.1. The Morgan fingerprint density at radius 3 is 2.52 bits per heavy atom. The average molecular weight is 314 g/mol. The largest absolute Gasteiger partial charge is 0.372 e. The zero-order valence-corrected chi connectivity index (χ0v) is 14.5. The van der Waals surface area contributed by atoms with E-state index in [0.717, 1.165) is 30.0 Å². The van der Waals surface area contributed by atoms with Crippen LogP contribution in [0, 0.1) is 13.8 Å². The minimum atomic E-state index is 0.0110. The molecule has 0 fully saturated rings. The topological polar surface area (TPSA) is 50.2 Å². The van der Waals surface area contributed by atoms with Crippen molar-refractivity contribution in [1.82, 2.24) is 9.78 Å². The molecule has 5 nitrogen and oxygen atoms in total. The van der Waals surface area contributed by atoms with E-state index in [1.165, 1.54) is 5.69 Å². The molecule has 1 amide bonds. The van der Waals surface area contributed by atoms with Gasteiger partial charge < -0.3 is 10.2 Å². The molecule has 0 radical (unpaired) electrons. The fourth-order valence-corrected chi connectivity index (χ4v) is 2.59. The molecule has 0 saturated heterocycles. The van der Waals surface area contributed by atoms with Crippen molar-refractivity contribution >= 4 is 17.3 Å². The predicted octanol–water partition coefficient (Wildman–Crippen LogP) is 3.37. The normalized spacial score (nSPS) is 10.6. The van der Waals surface area contributed by atoms with Gasteiger partial charge in [0.15, 0.2) is 0 Å². The number of hydrogen-bond acceptors (Lipinski definition) is 3. The van der Waals surface area contributed by atoms with Gasteiger partial charge in [-0.05, 0) is 57.5 Å². The number of amides is 1. The molecule has 0 aliphatic carbocycles. The van der Waals surface area contributed by atoms with E-state index in [9.17, 15) is 4.79 Å². The lowest BCUT2D eigenvalue weighted by atomic mass is 10.1. The maximum atomic E-state index is 12.1. The van der Waals surface area contributed by atoms with Crippen LogP contribution in [0.5, 0.6) is 0 Å². The zero-order valence-electron chi connectivity index (χ0n) is 14.5. The van der Waals surface area contributed by atoms with Gasteiger partial charge in [-0.25, -0.2) is 0 Å². The molecule has 0 aliphatic heterocycles. The first kappa shape index (κ1) is 17.1. The number of nitrogens with one attached hydrogen (secondary N) is 1. The number of benzene rings is 1. The summed E-state index contributed by atoms with van der Waals surface area (Å²) in [4.78, 5) is 14.4. The summed E-state index contributed by atoms with van der Waals surface area (Å²) in [6.07, 6.45) is 2.31. The summed E-state index contributed by atoms with van der Waals surface area (Å²) in [5.41, 5.74) is 4.12. The van der Waals surface area contributed by atoms with Crippen molar-refractivity contribution in [1.29, 1.82) is 0 Å². The fourth-order valence-electron chi connectivity index (χ4n) is 2.59. The summed E-state index contributed by atoms with van der Waals surface area (Å²) < 4.78 is 1.80. The lowest BCUT2D eigenvalue weighted by Crippen LogP contribution is -2.22. The number of aromatic nitrogens is 2. The maximum Gasteiger partial charge on any atom is 0.226 e. The third-order valence-corrected chi connectivity index (χ3v) is 3.95. The molecule has 23 heavy (non-hydrogen) atoms. The molecule has 0 spiro atoms. The molecule has 2 rings (SSSR count). The summed E-state index contributed by atoms with van der Waals surface area (Å²) in [7, 11) is 0. The number of nitrogens with zero attached hydrogens (tertiary/aromatic N) is 3. The van der Waals surface area contributed by atoms with Crippen LogP contribution in [0.2, 0.25) is 0 Å². The lowest BCUT2D eigenvalue weighted by Gasteiger charge is -2.22. The summed E-state index contributed by atoms with van der Waals surface area (Å²) >= 11 is 0. The Morgan fingerprint density at radius 1 is 1.22 bits per heavy atom. The van der Waals surface area contributed by atoms with Crippen LogP contribution in [0.1, 0.15) is 31.5 Å². The Balaban J connectivity index is 1.95. The Labute approximate surface area is 138 Å². The van der Waals surface area contributed by atoms with Crippen molar-refractivity contribution in [2.45, 2.75) is 40.7 Å². The van der Waals surface area contributed by atoms with E-state index < -0.39 is 0 Å². The molecule has 5 heteroatoms. The van der Waals surface area contributed by atoms with E-state index in [1.807, 2.05) is 32.2 Å². The molecule has 0 saturated carbocycles. The SMILES string of the molecule is CCN(CC)c1ccc(NC(=O)CCn2ccc(C)n2)c(C)c1. The first-order valence-electron chi connectivity index (χ1n) is 8.19. The van der Waals surface area contributed by atoms with Crippen molar-refractivity contribution in [2.75, 3.05) is 23.3 Å². The Morgan fingerprint density at radius 2 is 1.96 bits per heavy atom. The van der Waals surface area contributed by atoms with Gasteiger partial charge in [0.2, 0.25) is 5.91 Å². The van der Waals surface area contributed by atoms with Crippen LogP contribution in [-0.2, 0) is 11.3 Å². The summed E-state index contributed by atoms with van der Waals surface area (Å²) in [6, 6.07) is 8.11. The summed E-state index contributed by atoms with van der Waals surface area (Å²) in [6.45, 7) is 10.8. The van der Waals surface area contributed by atoms with Crippen molar-refractivity contribution in [3.63, 3.8) is 0 Å². The van der Waals surface area contributed by atoms with Gasteiger partial charge in [0.25, 0.3) is 0 Å². The second-order valence-corrected chi connectivity index (χ2v) is 5.69. The molecule has 0 bridgehead atoms. The van der Waals surface area contributed by atoms with Gasteiger partial charge in [0.1, 0.15) is 0 Å². The second-order valence-electron chi connectivity index (χ2n) is 5.69. The fraction of sp³-hybridized carbons (Fsp3) is 0.444. The molecule has 1 N–H and O–H groups in total. The third-order valence-electron chi connectivity index (χ3n) is 3.95. The number of carbonyl (C=O) groups is 1. The lowest BCUT2D eigenvalue weighted by molar-refractivity contribution is -0.116. The van der Waals surface area contributed by atoms with E-state index >= 15 is 0 Å². The van der Waals surface area contributed by atoms with Gasteiger partial charge in [-0.15, -0.1) is 0 Å². The van der Waals surface area contributed by atoms with Crippen LogP contribution in [0.25, 0.3) is 0 Å². The van der Waals surface area contributed by atoms with E-state index in [4.69, 9.17) is 0 Å². The van der Waals surface area contributed by atoms with Crippen LogP contribution in [-0.4, -0.2) is 28.8 Å². The Bertz CT molecular complexity index is 659. The smallest absolute Gasteiger partial charge is 0.226 e. The first-order valence-corrected chi connectivity index (χ1v) is 8.19. The predicted molar refractivity (Wildman–Crippen MR) is 95.0 cm³/mol. The first-order chi connectivity index (χ1) is 11.0. The molecule has 0 atom stereocenters. The monoisotopic (exact) mass is 314 g/mol. The Kier molecular flexibility index (Phi) is 5.79.